The minimum Gasteiger partial charge on any atom is -0.394 e. The maximum absolute atomic E-state index is 11.2. The van der Waals surface area contributed by atoms with E-state index in [1.807, 2.05) is 0 Å². The first-order valence-corrected chi connectivity index (χ1v) is 12.5. The summed E-state index contributed by atoms with van der Waals surface area (Å²) in [6.07, 6.45) is -14.5. The van der Waals surface area contributed by atoms with Crippen LogP contribution in [-0.4, -0.2) is 172 Å². The molecule has 0 saturated carbocycles. The Bertz CT molecular complexity index is 912. The summed E-state index contributed by atoms with van der Waals surface area (Å²) in [6.45, 7) is -2.16. The van der Waals surface area contributed by atoms with E-state index in [0.29, 0.717) is 0 Å². The van der Waals surface area contributed by atoms with Crippen LogP contribution in [0.1, 0.15) is 13.3 Å². The maximum atomic E-state index is 11.2. The second kappa shape index (κ2) is 12.5. The zero-order valence-corrected chi connectivity index (χ0v) is 22.1. The fourth-order valence-corrected chi connectivity index (χ4v) is 5.10. The minimum absolute atomic E-state index is 0.688. The lowest BCUT2D eigenvalue weighted by Gasteiger charge is -2.61. The molecular formula is C20H39N3O19. The molecule has 3 heterocycles. The molecule has 0 aliphatic carbocycles. The van der Waals surface area contributed by atoms with Gasteiger partial charge in [0.05, 0.1) is 31.9 Å². The lowest BCUT2D eigenvalue weighted by atomic mass is 9.75. The molecule has 0 bridgehead atoms. The van der Waals surface area contributed by atoms with E-state index in [2.05, 4.69) is 9.78 Å². The van der Waals surface area contributed by atoms with Crippen molar-refractivity contribution in [3.63, 3.8) is 0 Å². The van der Waals surface area contributed by atoms with Crippen molar-refractivity contribution < 1.29 is 95.0 Å². The molecule has 3 saturated heterocycles. The Morgan fingerprint density at radius 3 is 1.88 bits per heavy atom. The number of hydrogen-bond donors (Lipinski definition) is 15. The van der Waals surface area contributed by atoms with Gasteiger partial charge >= 0.3 is 11.8 Å². The van der Waals surface area contributed by atoms with Gasteiger partial charge in [-0.1, -0.05) is 6.92 Å². The number of nitrogens with two attached hydrogens (primary N) is 3. The Morgan fingerprint density at radius 2 is 1.40 bits per heavy atom. The highest BCUT2D eigenvalue weighted by Crippen LogP contribution is 2.52. The van der Waals surface area contributed by atoms with Crippen LogP contribution in [-0.2, 0) is 33.5 Å². The van der Waals surface area contributed by atoms with Gasteiger partial charge in [0.25, 0.3) is 11.5 Å². The van der Waals surface area contributed by atoms with Gasteiger partial charge in [-0.3, -0.25) is 11.0 Å². The average molecular weight is 626 g/mol. The zero-order chi connectivity index (χ0) is 32.1. The van der Waals surface area contributed by atoms with Crippen molar-refractivity contribution in [3.8, 4) is 0 Å². The summed E-state index contributed by atoms with van der Waals surface area (Å²) < 4.78 is 26.6. The standard InChI is InChI=1S/C20H39N3O19/c1-2-16(5-26)18(30,31)19(32,42-35)17(23,29)20(33,41-16)39-11-6(3-24)37-15(8(21)10(11)27)38-12-7(4-25)36-14(28)9(22)13(12)40-34/h6-15,24-35H,2-5,21-23H2,1H3/t6-,7-,8-,9-,10-,11?,12?,13-,14-,15+,16-,17-,19-,20+/m1/s1. The SMILES string of the molecule is CC[C@]1(CO)O[C@@](O)(OC2[C@@H](CO)O[C@@H](OC3[C@@H](CO)O[C@@H](O)[C@H](N)[C@H]3OO)[C@H](N)[C@H]2O)[C@](N)(O)[C@@](O)(OO)C1(O)O. The molecule has 0 aromatic carbocycles. The summed E-state index contributed by atoms with van der Waals surface area (Å²) in [7, 11) is 0. The summed E-state index contributed by atoms with van der Waals surface area (Å²) in [4.78, 5) is 7.96. The number of rotatable bonds is 10. The fraction of sp³-hybridized carbons (Fsp3) is 1.00. The third-order valence-corrected chi connectivity index (χ3v) is 7.90. The van der Waals surface area contributed by atoms with E-state index in [-0.39, 0.29) is 0 Å². The van der Waals surface area contributed by atoms with Crippen molar-refractivity contribution in [1.29, 1.82) is 0 Å². The van der Waals surface area contributed by atoms with Crippen molar-refractivity contribution in [2.24, 2.45) is 17.2 Å². The van der Waals surface area contributed by atoms with E-state index >= 15 is 0 Å². The van der Waals surface area contributed by atoms with Gasteiger partial charge in [0, 0.05) is 0 Å². The highest BCUT2D eigenvalue weighted by Gasteiger charge is 2.84. The molecule has 22 nitrogen and oxygen atoms in total. The molecule has 3 aliphatic rings. The smallest absolute Gasteiger partial charge is 0.332 e. The number of hydrogen-bond acceptors (Lipinski definition) is 22. The molecular weight excluding hydrogens is 586 g/mol. The predicted molar refractivity (Wildman–Crippen MR) is 124 cm³/mol. The summed E-state index contributed by atoms with van der Waals surface area (Å²) in [5, 5.41) is 123. The summed E-state index contributed by atoms with van der Waals surface area (Å²) in [5.41, 5.74) is 10.4. The molecule has 3 rings (SSSR count). The van der Waals surface area contributed by atoms with Gasteiger partial charge in [-0.2, -0.15) is 4.89 Å². The van der Waals surface area contributed by atoms with Crippen LogP contribution >= 0.6 is 0 Å². The van der Waals surface area contributed by atoms with Crippen LogP contribution in [0.15, 0.2) is 0 Å². The summed E-state index contributed by atoms with van der Waals surface area (Å²) in [5.74, 6) is -12.0. The average Bonchev–Trinajstić information content (AvgIpc) is 2.95. The Hall–Kier alpha value is -0.880. The first-order valence-electron chi connectivity index (χ1n) is 12.5. The molecule has 18 N–H and O–H groups in total. The Kier molecular flexibility index (Phi) is 10.6. The van der Waals surface area contributed by atoms with E-state index in [1.54, 1.807) is 0 Å². The fourth-order valence-electron chi connectivity index (χ4n) is 5.10. The molecule has 3 fully saturated rings. The first kappa shape index (κ1) is 35.6. The van der Waals surface area contributed by atoms with E-state index in [4.69, 9.17) is 40.9 Å². The second-order valence-electron chi connectivity index (χ2n) is 10.2. The maximum Gasteiger partial charge on any atom is 0.332 e. The lowest BCUT2D eigenvalue weighted by Crippen LogP contribution is -2.92. The lowest BCUT2D eigenvalue weighted by molar-refractivity contribution is -0.625. The van der Waals surface area contributed by atoms with Gasteiger partial charge in [-0.15, -0.1) is 0 Å². The monoisotopic (exact) mass is 625 g/mol. The molecule has 14 atom stereocenters. The van der Waals surface area contributed by atoms with Crippen LogP contribution in [0.5, 0.6) is 0 Å². The molecule has 3 aliphatic heterocycles. The summed E-state index contributed by atoms with van der Waals surface area (Å²) >= 11 is 0. The zero-order valence-electron chi connectivity index (χ0n) is 22.1. The third-order valence-electron chi connectivity index (χ3n) is 7.90. The highest BCUT2D eigenvalue weighted by atomic mass is 17.1. The van der Waals surface area contributed by atoms with Gasteiger partial charge in [-0.05, 0) is 6.42 Å². The Labute approximate surface area is 236 Å². The summed E-state index contributed by atoms with van der Waals surface area (Å²) in [6, 6.07) is -3.14. The Morgan fingerprint density at radius 1 is 0.833 bits per heavy atom. The molecule has 0 aromatic rings. The van der Waals surface area contributed by atoms with Crippen molar-refractivity contribution in [3.05, 3.63) is 0 Å². The molecule has 0 radical (unpaired) electrons. The predicted octanol–water partition coefficient (Wildman–Crippen LogP) is -8.62. The van der Waals surface area contributed by atoms with E-state index in [9.17, 15) is 61.6 Å². The van der Waals surface area contributed by atoms with Crippen molar-refractivity contribution >= 4 is 0 Å². The van der Waals surface area contributed by atoms with Gasteiger partial charge < -0.3 is 86.2 Å². The number of aliphatic hydroxyl groups is 10. The topological polar surface area (TPSA) is 385 Å². The number of aliphatic hydroxyl groups excluding tert-OH is 5. The van der Waals surface area contributed by atoms with Crippen LogP contribution in [0.3, 0.4) is 0 Å². The first-order chi connectivity index (χ1) is 19.4. The normalized spacial score (nSPS) is 51.4. The largest absolute Gasteiger partial charge is 0.394 e. The Balaban J connectivity index is 1.94. The van der Waals surface area contributed by atoms with Crippen LogP contribution in [0.25, 0.3) is 0 Å². The van der Waals surface area contributed by atoms with Crippen LogP contribution in [0, 0.1) is 0 Å². The van der Waals surface area contributed by atoms with Crippen LogP contribution in [0.4, 0.5) is 0 Å². The second-order valence-corrected chi connectivity index (χ2v) is 10.2. The van der Waals surface area contributed by atoms with Crippen LogP contribution in [0.2, 0.25) is 0 Å². The molecule has 248 valence electrons. The minimum atomic E-state index is -4.18. The molecule has 22 heteroatoms. The molecule has 42 heavy (non-hydrogen) atoms. The van der Waals surface area contributed by atoms with E-state index < -0.39 is 116 Å². The van der Waals surface area contributed by atoms with Gasteiger partial charge in [-0.25, -0.2) is 10.1 Å². The highest BCUT2D eigenvalue weighted by molar-refractivity contribution is 5.16. The van der Waals surface area contributed by atoms with Gasteiger partial charge in [0.2, 0.25) is 0 Å². The third kappa shape index (κ3) is 5.14. The van der Waals surface area contributed by atoms with Crippen LogP contribution < -0.4 is 17.2 Å². The van der Waals surface area contributed by atoms with Crippen molar-refractivity contribution in [2.45, 2.75) is 104 Å². The van der Waals surface area contributed by atoms with E-state index in [1.165, 1.54) is 0 Å². The molecule has 0 amide bonds. The van der Waals surface area contributed by atoms with Crippen molar-refractivity contribution in [1.82, 2.24) is 0 Å². The molecule has 2 unspecified atom stereocenters. The number of ether oxygens (including phenoxy) is 5. The quantitative estimate of drug-likeness (QED) is 0.0608. The van der Waals surface area contributed by atoms with Gasteiger partial charge in [0.15, 0.2) is 18.2 Å². The van der Waals surface area contributed by atoms with E-state index in [0.717, 1.165) is 6.92 Å². The molecule has 0 spiro atoms. The molecule has 0 aromatic heterocycles. The van der Waals surface area contributed by atoms with Gasteiger partial charge in [0.1, 0.15) is 36.6 Å². The van der Waals surface area contributed by atoms with Crippen molar-refractivity contribution in [2.75, 3.05) is 19.8 Å².